The largest absolute Gasteiger partial charge is 0.360 e. The first-order valence-corrected chi connectivity index (χ1v) is 5.53. The van der Waals surface area contributed by atoms with Crippen molar-refractivity contribution < 1.29 is 0 Å². The fraction of sp³-hybridized carbons (Fsp3) is 0. The molecule has 0 radical (unpaired) electrons. The smallest absolute Gasteiger partial charge is 0.138 e. The van der Waals surface area contributed by atoms with E-state index in [0.717, 1.165) is 15.8 Å². The van der Waals surface area contributed by atoms with Gasteiger partial charge in [0.25, 0.3) is 0 Å². The molecular formula is C9H5IN2S. The van der Waals surface area contributed by atoms with E-state index in [-0.39, 0.29) is 0 Å². The fourth-order valence-corrected chi connectivity index (χ4v) is 2.19. The van der Waals surface area contributed by atoms with Gasteiger partial charge < -0.3 is 4.98 Å². The molecule has 0 unspecified atom stereocenters. The molecule has 64 valence electrons. The second kappa shape index (κ2) is 3.60. The summed E-state index contributed by atoms with van der Waals surface area (Å²) in [5.41, 5.74) is 1.08. The molecular weight excluding hydrogens is 295 g/mol. The van der Waals surface area contributed by atoms with Crippen LogP contribution in [0.15, 0.2) is 29.3 Å². The first-order valence-electron chi connectivity index (χ1n) is 3.64. The number of H-pyrrole nitrogens is 1. The highest BCUT2D eigenvalue weighted by atomic mass is 127. The minimum atomic E-state index is 0.996. The minimum absolute atomic E-state index is 0.996. The second-order valence-electron chi connectivity index (χ2n) is 2.54. The van der Waals surface area contributed by atoms with Crippen LogP contribution in [-0.2, 0) is 0 Å². The molecule has 2 nitrogen and oxygen atoms in total. The third-order valence-electron chi connectivity index (χ3n) is 1.76. The number of thioether (sulfide) groups is 1. The lowest BCUT2D eigenvalue weighted by Gasteiger charge is -1.92. The Morgan fingerprint density at radius 2 is 2.31 bits per heavy atom. The van der Waals surface area contributed by atoms with Crippen LogP contribution in [0.3, 0.4) is 0 Å². The van der Waals surface area contributed by atoms with E-state index in [4.69, 9.17) is 5.26 Å². The summed E-state index contributed by atoms with van der Waals surface area (Å²) in [7, 11) is 0. The Morgan fingerprint density at radius 1 is 1.46 bits per heavy atom. The van der Waals surface area contributed by atoms with Gasteiger partial charge in [-0.25, -0.2) is 0 Å². The topological polar surface area (TPSA) is 39.6 Å². The van der Waals surface area contributed by atoms with E-state index in [1.165, 1.54) is 15.3 Å². The van der Waals surface area contributed by atoms with Gasteiger partial charge in [-0.15, -0.1) is 0 Å². The van der Waals surface area contributed by atoms with Crippen LogP contribution in [0.4, 0.5) is 0 Å². The lowest BCUT2D eigenvalue weighted by Crippen LogP contribution is -1.71. The van der Waals surface area contributed by atoms with Crippen LogP contribution in [0.1, 0.15) is 0 Å². The molecule has 0 aliphatic rings. The fourth-order valence-electron chi connectivity index (χ4n) is 1.20. The molecule has 0 saturated carbocycles. The molecule has 0 aliphatic carbocycles. The van der Waals surface area contributed by atoms with Crippen LogP contribution >= 0.6 is 34.4 Å². The monoisotopic (exact) mass is 300 g/mol. The minimum Gasteiger partial charge on any atom is -0.360 e. The predicted octanol–water partition coefficient (Wildman–Crippen LogP) is 3.35. The van der Waals surface area contributed by atoms with Crippen LogP contribution < -0.4 is 0 Å². The van der Waals surface area contributed by atoms with Crippen molar-refractivity contribution >= 4 is 45.3 Å². The van der Waals surface area contributed by atoms with Gasteiger partial charge in [0.2, 0.25) is 0 Å². The highest BCUT2D eigenvalue weighted by Crippen LogP contribution is 2.28. The van der Waals surface area contributed by atoms with Crippen LogP contribution in [0.5, 0.6) is 0 Å². The third kappa shape index (κ3) is 1.67. The average molecular weight is 300 g/mol. The number of benzene rings is 1. The van der Waals surface area contributed by atoms with Crippen LogP contribution in [0, 0.1) is 14.2 Å². The van der Waals surface area contributed by atoms with Gasteiger partial charge in [-0.3, -0.25) is 0 Å². The zero-order chi connectivity index (χ0) is 9.26. The average Bonchev–Trinajstić information content (AvgIpc) is 2.49. The van der Waals surface area contributed by atoms with Crippen molar-refractivity contribution in [2.45, 2.75) is 4.90 Å². The number of nitrogens with one attached hydrogen (secondary N) is 1. The molecule has 1 aromatic carbocycles. The molecule has 2 aromatic rings. The highest BCUT2D eigenvalue weighted by Gasteiger charge is 2.03. The van der Waals surface area contributed by atoms with E-state index in [9.17, 15) is 0 Å². The molecule has 0 saturated heterocycles. The van der Waals surface area contributed by atoms with Gasteiger partial charge >= 0.3 is 0 Å². The third-order valence-corrected chi connectivity index (χ3v) is 3.08. The van der Waals surface area contributed by atoms with Crippen molar-refractivity contribution in [2.75, 3.05) is 0 Å². The summed E-state index contributed by atoms with van der Waals surface area (Å²) in [4.78, 5) is 4.12. The number of rotatable bonds is 1. The molecule has 1 N–H and O–H groups in total. The number of halogens is 1. The van der Waals surface area contributed by atoms with Crippen molar-refractivity contribution in [3.63, 3.8) is 0 Å². The molecule has 0 bridgehead atoms. The maximum Gasteiger partial charge on any atom is 0.138 e. The number of nitriles is 1. The Bertz CT molecular complexity index is 484. The zero-order valence-corrected chi connectivity index (χ0v) is 9.52. The Balaban J connectivity index is 2.66. The normalized spacial score (nSPS) is 10.2. The molecule has 4 heteroatoms. The second-order valence-corrected chi connectivity index (χ2v) is 4.61. The first kappa shape index (κ1) is 8.91. The van der Waals surface area contributed by atoms with Crippen LogP contribution in [-0.4, -0.2) is 4.98 Å². The molecule has 1 heterocycles. The van der Waals surface area contributed by atoms with Crippen LogP contribution in [0.25, 0.3) is 10.9 Å². The van der Waals surface area contributed by atoms with E-state index in [2.05, 4.69) is 39.0 Å². The number of fused-ring (bicyclic) bond motifs is 1. The van der Waals surface area contributed by atoms with Crippen molar-refractivity contribution in [2.24, 2.45) is 0 Å². The van der Waals surface area contributed by atoms with Gasteiger partial charge in [0, 0.05) is 25.6 Å². The summed E-state index contributed by atoms with van der Waals surface area (Å²) in [6.07, 6.45) is 1.87. The lowest BCUT2D eigenvalue weighted by molar-refractivity contribution is 1.42. The number of nitrogens with zero attached hydrogens (tertiary/aromatic N) is 1. The SMILES string of the molecule is N#CSc1c[nH]c2ccc(I)cc12. The molecule has 0 aliphatic heterocycles. The number of hydrogen-bond donors (Lipinski definition) is 1. The summed E-state index contributed by atoms with van der Waals surface area (Å²) in [6.45, 7) is 0. The highest BCUT2D eigenvalue weighted by molar-refractivity contribution is 14.1. The molecule has 0 spiro atoms. The number of aromatic amines is 1. The van der Waals surface area contributed by atoms with Gasteiger partial charge in [-0.05, 0) is 52.6 Å². The Kier molecular flexibility index (Phi) is 2.47. The number of aromatic nitrogens is 1. The van der Waals surface area contributed by atoms with Gasteiger partial charge in [0.05, 0.1) is 0 Å². The van der Waals surface area contributed by atoms with Crippen molar-refractivity contribution in [3.05, 3.63) is 28.0 Å². The van der Waals surface area contributed by atoms with Gasteiger partial charge in [0.15, 0.2) is 0 Å². The maximum atomic E-state index is 8.56. The molecule has 0 fully saturated rings. The van der Waals surface area contributed by atoms with Crippen molar-refractivity contribution in [1.82, 2.24) is 4.98 Å². The Labute approximate surface area is 93.5 Å². The van der Waals surface area contributed by atoms with E-state index >= 15 is 0 Å². The van der Waals surface area contributed by atoms with Gasteiger partial charge in [-0.1, -0.05) is 0 Å². The molecule has 0 atom stereocenters. The molecule has 0 amide bonds. The molecule has 2 rings (SSSR count). The van der Waals surface area contributed by atoms with Crippen molar-refractivity contribution in [1.29, 1.82) is 5.26 Å². The summed E-state index contributed by atoms with van der Waals surface area (Å²) >= 11 is 3.46. The maximum absolute atomic E-state index is 8.56. The Morgan fingerprint density at radius 3 is 3.08 bits per heavy atom. The number of thiocyanates is 1. The van der Waals surface area contributed by atoms with E-state index in [1.54, 1.807) is 0 Å². The van der Waals surface area contributed by atoms with Gasteiger partial charge in [-0.2, -0.15) is 5.26 Å². The van der Waals surface area contributed by atoms with E-state index < -0.39 is 0 Å². The van der Waals surface area contributed by atoms with E-state index in [1.807, 2.05) is 18.3 Å². The first-order chi connectivity index (χ1) is 6.31. The Hall–Kier alpha value is -0.670. The van der Waals surface area contributed by atoms with Crippen molar-refractivity contribution in [3.8, 4) is 5.40 Å². The standard InChI is InChI=1S/C9H5IN2S/c10-6-1-2-8-7(3-6)9(4-12-8)13-5-11/h1-4,12H. The zero-order valence-electron chi connectivity index (χ0n) is 6.54. The summed E-state index contributed by atoms with van der Waals surface area (Å²) in [5.74, 6) is 0. The quantitative estimate of drug-likeness (QED) is 0.498. The lowest BCUT2D eigenvalue weighted by atomic mass is 10.2. The predicted molar refractivity (Wildman–Crippen MR) is 62.5 cm³/mol. The van der Waals surface area contributed by atoms with Gasteiger partial charge in [0.1, 0.15) is 5.40 Å². The summed E-state index contributed by atoms with van der Waals surface area (Å²) in [5, 5.41) is 11.8. The van der Waals surface area contributed by atoms with E-state index in [0.29, 0.717) is 0 Å². The summed E-state index contributed by atoms with van der Waals surface area (Å²) < 4.78 is 1.18. The summed E-state index contributed by atoms with van der Waals surface area (Å²) in [6, 6.07) is 6.14. The number of hydrogen-bond acceptors (Lipinski definition) is 2. The van der Waals surface area contributed by atoms with Crippen LogP contribution in [0.2, 0.25) is 0 Å². The molecule has 1 aromatic heterocycles. The molecule has 13 heavy (non-hydrogen) atoms.